The second-order valence-electron chi connectivity index (χ2n) is 6.33. The number of hydrogen-bond acceptors (Lipinski definition) is 4. The molecule has 2 atom stereocenters. The van der Waals surface area contributed by atoms with Gasteiger partial charge in [-0.15, -0.1) is 0 Å². The normalized spacial score (nSPS) is 26.3. The Labute approximate surface area is 141 Å². The lowest BCUT2D eigenvalue weighted by molar-refractivity contribution is 0.0399. The first-order valence-electron chi connectivity index (χ1n) is 8.16. The Morgan fingerprint density at radius 3 is 2.61 bits per heavy atom. The Hall–Kier alpha value is -1.14. The van der Waals surface area contributed by atoms with Crippen LogP contribution in [0.4, 0.5) is 0 Å². The minimum Gasteiger partial charge on any atom is -0.396 e. The van der Waals surface area contributed by atoms with Crippen molar-refractivity contribution in [3.63, 3.8) is 0 Å². The quantitative estimate of drug-likeness (QED) is 0.874. The molecule has 23 heavy (non-hydrogen) atoms. The van der Waals surface area contributed by atoms with Crippen LogP contribution in [0.15, 0.2) is 24.3 Å². The maximum Gasteiger partial charge on any atom is 0.251 e. The lowest BCUT2D eigenvalue weighted by Gasteiger charge is -2.31. The minimum atomic E-state index is -0.112. The highest BCUT2D eigenvalue weighted by molar-refractivity contribution is 6.30. The Morgan fingerprint density at radius 2 is 1.96 bits per heavy atom. The molecule has 1 aromatic carbocycles. The number of likely N-dealkylation sites (tertiary alicyclic amines) is 1. The van der Waals surface area contributed by atoms with E-state index < -0.39 is 0 Å². The van der Waals surface area contributed by atoms with Crippen molar-refractivity contribution in [2.24, 2.45) is 5.92 Å². The molecule has 0 radical (unpaired) electrons. The van der Waals surface area contributed by atoms with E-state index in [-0.39, 0.29) is 24.5 Å². The van der Waals surface area contributed by atoms with Crippen molar-refractivity contribution in [3.8, 4) is 0 Å². The Kier molecular flexibility index (Phi) is 5.54. The average Bonchev–Trinajstić information content (AvgIpc) is 2.99. The van der Waals surface area contributed by atoms with Crippen LogP contribution in [0, 0.1) is 5.92 Å². The molecule has 2 heterocycles. The van der Waals surface area contributed by atoms with Gasteiger partial charge in [0.2, 0.25) is 0 Å². The van der Waals surface area contributed by atoms with Crippen LogP contribution >= 0.6 is 11.6 Å². The molecule has 2 N–H and O–H groups in total. The summed E-state index contributed by atoms with van der Waals surface area (Å²) in [5.41, 5.74) is 0.593. The number of ether oxygens (including phenoxy) is 1. The van der Waals surface area contributed by atoms with Crippen LogP contribution in [-0.4, -0.2) is 60.9 Å². The number of carbonyl (C=O) groups is 1. The van der Waals surface area contributed by atoms with E-state index >= 15 is 0 Å². The van der Waals surface area contributed by atoms with Crippen LogP contribution in [0.25, 0.3) is 0 Å². The first-order valence-corrected chi connectivity index (χ1v) is 8.54. The second-order valence-corrected chi connectivity index (χ2v) is 6.76. The van der Waals surface area contributed by atoms with Crippen molar-refractivity contribution < 1.29 is 14.6 Å². The maximum absolute atomic E-state index is 12.4. The summed E-state index contributed by atoms with van der Waals surface area (Å²) in [5, 5.41) is 13.3. The zero-order valence-electron chi connectivity index (χ0n) is 13.1. The minimum absolute atomic E-state index is 0.0222. The third-order valence-electron chi connectivity index (χ3n) is 4.83. The van der Waals surface area contributed by atoms with Crippen molar-refractivity contribution in [2.45, 2.75) is 24.9 Å². The Balaban J connectivity index is 1.61. The average molecular weight is 339 g/mol. The molecule has 0 spiro atoms. The number of benzene rings is 1. The van der Waals surface area contributed by atoms with Gasteiger partial charge in [-0.3, -0.25) is 9.69 Å². The molecule has 0 aromatic heterocycles. The number of nitrogens with zero attached hydrogens (tertiary/aromatic N) is 1. The lowest BCUT2D eigenvalue weighted by Crippen LogP contribution is -2.43. The SMILES string of the molecule is O=C(N[C@@H]1CN(C2CCOCC2)C[C@H]1CO)c1ccc(Cl)cc1. The standard InChI is InChI=1S/C17H23ClN2O3/c18-14-3-1-12(2-4-14)17(22)19-16-10-20(9-13(16)11-21)15-5-7-23-8-6-15/h1-4,13,15-16,21H,5-11H2,(H,19,22)/t13-,16+/m0/s1. The number of amides is 1. The molecule has 2 fully saturated rings. The zero-order chi connectivity index (χ0) is 16.2. The summed E-state index contributed by atoms with van der Waals surface area (Å²) in [6.45, 7) is 3.30. The molecule has 5 nitrogen and oxygen atoms in total. The summed E-state index contributed by atoms with van der Waals surface area (Å²) >= 11 is 5.86. The maximum atomic E-state index is 12.4. The predicted octanol–water partition coefficient (Wildman–Crippen LogP) is 1.54. The van der Waals surface area contributed by atoms with Gasteiger partial charge in [0.15, 0.2) is 0 Å². The second kappa shape index (κ2) is 7.62. The van der Waals surface area contributed by atoms with Crippen molar-refractivity contribution in [3.05, 3.63) is 34.9 Å². The van der Waals surface area contributed by atoms with Gasteiger partial charge in [0.1, 0.15) is 0 Å². The van der Waals surface area contributed by atoms with Crippen molar-refractivity contribution in [1.29, 1.82) is 0 Å². The molecule has 6 heteroatoms. The molecule has 2 saturated heterocycles. The summed E-state index contributed by atoms with van der Waals surface area (Å²) in [6.07, 6.45) is 2.05. The number of aliphatic hydroxyl groups excluding tert-OH is 1. The van der Waals surface area contributed by atoms with Crippen LogP contribution in [-0.2, 0) is 4.74 Å². The molecule has 2 aliphatic heterocycles. The molecule has 0 unspecified atom stereocenters. The van der Waals surface area contributed by atoms with E-state index in [1.54, 1.807) is 24.3 Å². The first-order chi connectivity index (χ1) is 11.2. The molecule has 3 rings (SSSR count). The number of rotatable bonds is 4. The highest BCUT2D eigenvalue weighted by Crippen LogP contribution is 2.24. The lowest BCUT2D eigenvalue weighted by atomic mass is 10.0. The molecule has 2 aliphatic rings. The largest absolute Gasteiger partial charge is 0.396 e. The number of hydrogen-bond donors (Lipinski definition) is 2. The van der Waals surface area contributed by atoms with Crippen LogP contribution < -0.4 is 5.32 Å². The molecule has 1 amide bonds. The van der Waals surface area contributed by atoms with Gasteiger partial charge in [-0.2, -0.15) is 0 Å². The smallest absolute Gasteiger partial charge is 0.251 e. The van der Waals surface area contributed by atoms with Gasteiger partial charge in [-0.05, 0) is 37.1 Å². The fraction of sp³-hybridized carbons (Fsp3) is 0.588. The van der Waals surface area contributed by atoms with Crippen LogP contribution in [0.5, 0.6) is 0 Å². The van der Waals surface area contributed by atoms with E-state index in [1.165, 1.54) is 0 Å². The van der Waals surface area contributed by atoms with E-state index in [0.717, 1.165) is 39.1 Å². The van der Waals surface area contributed by atoms with Gasteiger partial charge in [-0.25, -0.2) is 0 Å². The summed E-state index contributed by atoms with van der Waals surface area (Å²) in [7, 11) is 0. The molecule has 1 aromatic rings. The third kappa shape index (κ3) is 4.04. The van der Waals surface area contributed by atoms with E-state index in [2.05, 4.69) is 10.2 Å². The molecular formula is C17H23ClN2O3. The van der Waals surface area contributed by atoms with E-state index in [1.807, 2.05) is 0 Å². The van der Waals surface area contributed by atoms with Gasteiger partial charge in [0.25, 0.3) is 5.91 Å². The van der Waals surface area contributed by atoms with Crippen LogP contribution in [0.3, 0.4) is 0 Å². The highest BCUT2D eigenvalue weighted by atomic mass is 35.5. The van der Waals surface area contributed by atoms with Crippen molar-refractivity contribution >= 4 is 17.5 Å². The van der Waals surface area contributed by atoms with Crippen LogP contribution in [0.1, 0.15) is 23.2 Å². The molecule has 0 aliphatic carbocycles. The molecular weight excluding hydrogens is 316 g/mol. The van der Waals surface area contributed by atoms with E-state index in [9.17, 15) is 9.90 Å². The van der Waals surface area contributed by atoms with Gasteiger partial charge >= 0.3 is 0 Å². The number of aliphatic hydroxyl groups is 1. The van der Waals surface area contributed by atoms with Crippen molar-refractivity contribution in [2.75, 3.05) is 32.9 Å². The van der Waals surface area contributed by atoms with E-state index in [4.69, 9.17) is 16.3 Å². The Morgan fingerprint density at radius 1 is 1.26 bits per heavy atom. The number of nitrogens with one attached hydrogen (secondary N) is 1. The monoisotopic (exact) mass is 338 g/mol. The topological polar surface area (TPSA) is 61.8 Å². The number of halogens is 1. The van der Waals surface area contributed by atoms with Gasteiger partial charge in [0, 0.05) is 61.5 Å². The van der Waals surface area contributed by atoms with Gasteiger partial charge < -0.3 is 15.2 Å². The Bertz CT molecular complexity index is 531. The molecule has 0 bridgehead atoms. The molecule has 126 valence electrons. The van der Waals surface area contributed by atoms with Crippen LogP contribution in [0.2, 0.25) is 5.02 Å². The summed E-state index contributed by atoms with van der Waals surface area (Å²) < 4.78 is 5.41. The fourth-order valence-corrected chi connectivity index (χ4v) is 3.58. The zero-order valence-corrected chi connectivity index (χ0v) is 13.8. The summed E-state index contributed by atoms with van der Waals surface area (Å²) in [5.74, 6) is -0.0342. The predicted molar refractivity (Wildman–Crippen MR) is 88.7 cm³/mol. The summed E-state index contributed by atoms with van der Waals surface area (Å²) in [4.78, 5) is 14.8. The molecule has 0 saturated carbocycles. The first kappa shape index (κ1) is 16.7. The highest BCUT2D eigenvalue weighted by Gasteiger charge is 2.37. The van der Waals surface area contributed by atoms with E-state index in [0.29, 0.717) is 16.6 Å². The van der Waals surface area contributed by atoms with Gasteiger partial charge in [0.05, 0.1) is 0 Å². The van der Waals surface area contributed by atoms with Crippen molar-refractivity contribution in [1.82, 2.24) is 10.2 Å². The fourth-order valence-electron chi connectivity index (χ4n) is 3.45. The summed E-state index contributed by atoms with van der Waals surface area (Å²) in [6, 6.07) is 7.33. The number of carbonyl (C=O) groups excluding carboxylic acids is 1. The van der Waals surface area contributed by atoms with Gasteiger partial charge in [-0.1, -0.05) is 11.6 Å². The third-order valence-corrected chi connectivity index (χ3v) is 5.09.